The third-order valence-corrected chi connectivity index (χ3v) is 4.05. The van der Waals surface area contributed by atoms with Crippen LogP contribution in [0.3, 0.4) is 0 Å². The van der Waals surface area contributed by atoms with Crippen LogP contribution in [-0.2, 0) is 4.79 Å². The Kier molecular flexibility index (Phi) is 6.43. The summed E-state index contributed by atoms with van der Waals surface area (Å²) in [6, 6.07) is 0.674. The quantitative estimate of drug-likeness (QED) is 0.778. The minimum absolute atomic E-state index is 0.0905. The molecule has 0 aromatic heterocycles. The van der Waals surface area contributed by atoms with Crippen molar-refractivity contribution < 1.29 is 4.79 Å². The Morgan fingerprint density at radius 1 is 1.40 bits per heavy atom. The molecule has 1 atom stereocenters. The molecule has 1 fully saturated rings. The molecule has 118 valence electrons. The number of nitrogens with zero attached hydrogens (tertiary/aromatic N) is 2. The molecule has 0 bridgehead atoms. The Bertz CT molecular complexity index is 305. The normalized spacial score (nSPS) is 20.1. The van der Waals surface area contributed by atoms with Crippen LogP contribution in [-0.4, -0.2) is 67.1 Å². The molecule has 0 aromatic carbocycles. The number of nitrogens with one attached hydrogen (secondary N) is 1. The molecule has 0 radical (unpaired) electrons. The summed E-state index contributed by atoms with van der Waals surface area (Å²) in [5, 5.41) is 3.02. The van der Waals surface area contributed by atoms with Gasteiger partial charge in [-0.2, -0.15) is 0 Å². The Hall–Kier alpha value is -0.650. The molecular formula is C15H32N4O. The zero-order valence-electron chi connectivity index (χ0n) is 13.8. The molecule has 1 aliphatic rings. The van der Waals surface area contributed by atoms with Gasteiger partial charge in [0.05, 0.1) is 0 Å². The first-order chi connectivity index (χ1) is 9.23. The van der Waals surface area contributed by atoms with Gasteiger partial charge in [-0.05, 0) is 60.8 Å². The molecular weight excluding hydrogens is 252 g/mol. The van der Waals surface area contributed by atoms with Crippen molar-refractivity contribution in [3.63, 3.8) is 0 Å². The number of amides is 1. The average Bonchev–Trinajstić information content (AvgIpc) is 2.34. The number of hydrogen-bond donors (Lipinski definition) is 2. The average molecular weight is 284 g/mol. The first-order valence-corrected chi connectivity index (χ1v) is 7.64. The molecule has 1 heterocycles. The summed E-state index contributed by atoms with van der Waals surface area (Å²) in [6.07, 6.45) is 2.80. The van der Waals surface area contributed by atoms with Gasteiger partial charge >= 0.3 is 0 Å². The van der Waals surface area contributed by atoms with E-state index in [2.05, 4.69) is 29.2 Å². The van der Waals surface area contributed by atoms with Crippen molar-refractivity contribution in [2.24, 2.45) is 5.73 Å². The molecule has 1 aliphatic heterocycles. The monoisotopic (exact) mass is 284 g/mol. The molecule has 1 amide bonds. The van der Waals surface area contributed by atoms with Crippen molar-refractivity contribution in [2.45, 2.75) is 57.7 Å². The third kappa shape index (κ3) is 5.77. The predicted octanol–water partition coefficient (Wildman–Crippen LogP) is 0.645. The highest BCUT2D eigenvalue weighted by molar-refractivity contribution is 5.77. The summed E-state index contributed by atoms with van der Waals surface area (Å²) >= 11 is 0. The number of likely N-dealkylation sites (tertiary alicyclic amines) is 1. The summed E-state index contributed by atoms with van der Waals surface area (Å²) in [5.74, 6) is 0.0905. The van der Waals surface area contributed by atoms with Crippen molar-refractivity contribution in [1.29, 1.82) is 0 Å². The van der Waals surface area contributed by atoms with Gasteiger partial charge in [-0.25, -0.2) is 0 Å². The number of hydrogen-bond acceptors (Lipinski definition) is 4. The van der Waals surface area contributed by atoms with E-state index in [0.29, 0.717) is 19.0 Å². The first kappa shape index (κ1) is 17.4. The lowest BCUT2D eigenvalue weighted by atomic mass is 10.0. The van der Waals surface area contributed by atoms with E-state index in [4.69, 9.17) is 5.73 Å². The maximum atomic E-state index is 12.1. The molecule has 1 rings (SSSR count). The van der Waals surface area contributed by atoms with Gasteiger partial charge in [-0.1, -0.05) is 0 Å². The molecule has 0 aliphatic carbocycles. The van der Waals surface area contributed by atoms with Crippen LogP contribution in [0.5, 0.6) is 0 Å². The Morgan fingerprint density at radius 3 is 2.40 bits per heavy atom. The fourth-order valence-electron chi connectivity index (χ4n) is 2.78. The van der Waals surface area contributed by atoms with E-state index in [1.807, 2.05) is 20.8 Å². The summed E-state index contributed by atoms with van der Waals surface area (Å²) in [4.78, 5) is 16.7. The molecule has 5 heteroatoms. The smallest absolute Gasteiger partial charge is 0.222 e. The van der Waals surface area contributed by atoms with Crippen LogP contribution >= 0.6 is 0 Å². The van der Waals surface area contributed by atoms with Crippen molar-refractivity contribution in [2.75, 3.05) is 33.7 Å². The minimum atomic E-state index is -0.178. The lowest BCUT2D eigenvalue weighted by Crippen LogP contribution is -2.51. The van der Waals surface area contributed by atoms with Gasteiger partial charge in [0.15, 0.2) is 0 Å². The fourth-order valence-corrected chi connectivity index (χ4v) is 2.78. The van der Waals surface area contributed by atoms with E-state index >= 15 is 0 Å². The number of rotatable bonds is 5. The molecule has 1 saturated heterocycles. The Morgan fingerprint density at radius 2 is 1.95 bits per heavy atom. The first-order valence-electron chi connectivity index (χ1n) is 7.64. The van der Waals surface area contributed by atoms with E-state index < -0.39 is 0 Å². The van der Waals surface area contributed by atoms with Crippen molar-refractivity contribution in [3.8, 4) is 0 Å². The summed E-state index contributed by atoms with van der Waals surface area (Å²) in [6.45, 7) is 8.79. The maximum absolute atomic E-state index is 12.1. The van der Waals surface area contributed by atoms with Gasteiger partial charge in [0, 0.05) is 30.6 Å². The second-order valence-corrected chi connectivity index (χ2v) is 7.09. The summed E-state index contributed by atoms with van der Waals surface area (Å²) < 4.78 is 0. The minimum Gasteiger partial charge on any atom is -0.351 e. The van der Waals surface area contributed by atoms with Gasteiger partial charge < -0.3 is 16.0 Å². The summed E-state index contributed by atoms with van der Waals surface area (Å²) in [7, 11) is 4.27. The van der Waals surface area contributed by atoms with Crippen molar-refractivity contribution >= 4 is 5.91 Å². The highest BCUT2D eigenvalue weighted by Crippen LogP contribution is 2.17. The zero-order valence-corrected chi connectivity index (χ0v) is 13.8. The van der Waals surface area contributed by atoms with E-state index in [0.717, 1.165) is 25.9 Å². The lowest BCUT2D eigenvalue weighted by molar-refractivity contribution is -0.123. The zero-order chi connectivity index (χ0) is 15.3. The molecule has 0 spiro atoms. The molecule has 5 nitrogen and oxygen atoms in total. The van der Waals surface area contributed by atoms with Crippen LogP contribution in [0.2, 0.25) is 0 Å². The second-order valence-electron chi connectivity index (χ2n) is 7.09. The van der Waals surface area contributed by atoms with Gasteiger partial charge in [-0.15, -0.1) is 0 Å². The fraction of sp³-hybridized carbons (Fsp3) is 0.933. The number of piperidine rings is 1. The van der Waals surface area contributed by atoms with Crippen LogP contribution in [0.4, 0.5) is 0 Å². The molecule has 0 saturated carbocycles. The Labute approximate surface area is 123 Å². The van der Waals surface area contributed by atoms with Gasteiger partial charge in [0.25, 0.3) is 0 Å². The SMILES string of the molecule is CN1CCC(N(C)C(CN)CC(=O)NC(C)(C)C)CC1. The topological polar surface area (TPSA) is 61.6 Å². The van der Waals surface area contributed by atoms with Gasteiger partial charge in [0.2, 0.25) is 5.91 Å². The number of nitrogens with two attached hydrogens (primary N) is 1. The Balaban J connectivity index is 2.50. The summed E-state index contributed by atoms with van der Waals surface area (Å²) in [5.41, 5.74) is 5.71. The highest BCUT2D eigenvalue weighted by atomic mass is 16.1. The van der Waals surface area contributed by atoms with Crippen LogP contribution in [0.25, 0.3) is 0 Å². The highest BCUT2D eigenvalue weighted by Gasteiger charge is 2.27. The van der Waals surface area contributed by atoms with Crippen molar-refractivity contribution in [1.82, 2.24) is 15.1 Å². The standard InChI is InChI=1S/C15H32N4O/c1-15(2,3)17-14(20)10-13(11-16)19(5)12-6-8-18(4)9-7-12/h12-13H,6-11,16H2,1-5H3,(H,17,20). The largest absolute Gasteiger partial charge is 0.351 e. The van der Waals surface area contributed by atoms with Crippen LogP contribution in [0.15, 0.2) is 0 Å². The van der Waals surface area contributed by atoms with Gasteiger partial charge in [-0.3, -0.25) is 9.69 Å². The second kappa shape index (κ2) is 7.38. The molecule has 20 heavy (non-hydrogen) atoms. The third-order valence-electron chi connectivity index (χ3n) is 4.05. The van der Waals surface area contributed by atoms with E-state index in [-0.39, 0.29) is 17.5 Å². The van der Waals surface area contributed by atoms with E-state index in [9.17, 15) is 4.79 Å². The van der Waals surface area contributed by atoms with Crippen LogP contribution < -0.4 is 11.1 Å². The molecule has 3 N–H and O–H groups in total. The van der Waals surface area contributed by atoms with Crippen molar-refractivity contribution in [3.05, 3.63) is 0 Å². The number of carbonyl (C=O) groups is 1. The predicted molar refractivity (Wildman–Crippen MR) is 83.6 cm³/mol. The number of carbonyl (C=O) groups excluding carboxylic acids is 1. The maximum Gasteiger partial charge on any atom is 0.222 e. The van der Waals surface area contributed by atoms with E-state index in [1.165, 1.54) is 0 Å². The number of likely N-dealkylation sites (N-methyl/N-ethyl adjacent to an activating group) is 1. The lowest BCUT2D eigenvalue weighted by Gasteiger charge is -2.39. The van der Waals surface area contributed by atoms with E-state index in [1.54, 1.807) is 0 Å². The van der Waals surface area contributed by atoms with Gasteiger partial charge in [0.1, 0.15) is 0 Å². The molecule has 1 unspecified atom stereocenters. The molecule has 0 aromatic rings. The van der Waals surface area contributed by atoms with Crippen LogP contribution in [0, 0.1) is 0 Å². The van der Waals surface area contributed by atoms with Crippen LogP contribution in [0.1, 0.15) is 40.0 Å².